The molecule has 0 saturated heterocycles. The Labute approximate surface area is 168 Å². The number of nitrogens with one attached hydrogen (secondary N) is 1. The third-order valence-electron chi connectivity index (χ3n) is 4.82. The summed E-state index contributed by atoms with van der Waals surface area (Å²) in [7, 11) is 5.42. The number of hydrogen-bond acceptors (Lipinski definition) is 5. The maximum Gasteiger partial charge on any atom is 0.272 e. The minimum atomic E-state index is -0.239. The summed E-state index contributed by atoms with van der Waals surface area (Å²) in [5.41, 5.74) is 4.03. The van der Waals surface area contributed by atoms with Gasteiger partial charge in [0.15, 0.2) is 0 Å². The van der Waals surface area contributed by atoms with E-state index in [4.69, 9.17) is 4.74 Å². The van der Waals surface area contributed by atoms with Crippen molar-refractivity contribution in [1.82, 2.24) is 29.6 Å². The number of methoxy groups -OCH3 is 1. The lowest BCUT2D eigenvalue weighted by Crippen LogP contribution is -2.24. The molecule has 1 aromatic carbocycles. The smallest absolute Gasteiger partial charge is 0.272 e. The van der Waals surface area contributed by atoms with Crippen molar-refractivity contribution in [3.63, 3.8) is 0 Å². The van der Waals surface area contributed by atoms with Gasteiger partial charge in [0, 0.05) is 61.3 Å². The fourth-order valence-electron chi connectivity index (χ4n) is 3.35. The minimum absolute atomic E-state index is 0.239. The number of carbonyl (C=O) groups is 1. The molecule has 8 heteroatoms. The van der Waals surface area contributed by atoms with Crippen molar-refractivity contribution in [3.8, 4) is 17.0 Å². The third kappa shape index (κ3) is 3.56. The van der Waals surface area contributed by atoms with Gasteiger partial charge in [-0.1, -0.05) is 0 Å². The predicted octanol–water partition coefficient (Wildman–Crippen LogP) is 2.62. The summed E-state index contributed by atoms with van der Waals surface area (Å²) in [4.78, 5) is 21.4. The molecule has 0 fully saturated rings. The number of aryl methyl sites for hydroxylation is 3. The molecular weight excluding hydrogens is 368 g/mol. The van der Waals surface area contributed by atoms with Crippen LogP contribution in [-0.4, -0.2) is 37.3 Å². The molecule has 0 bridgehead atoms. The lowest BCUT2D eigenvalue weighted by atomic mass is 10.1. The summed E-state index contributed by atoms with van der Waals surface area (Å²) in [5, 5.41) is 8.08. The first-order chi connectivity index (χ1) is 14.0. The van der Waals surface area contributed by atoms with Crippen LogP contribution in [0, 0.1) is 6.92 Å². The Morgan fingerprint density at radius 1 is 1.24 bits per heavy atom. The number of rotatable bonds is 5. The number of carbonyl (C=O) groups excluding carboxylic acids is 1. The maximum atomic E-state index is 12.4. The van der Waals surface area contributed by atoms with E-state index in [1.807, 2.05) is 38.4 Å². The second kappa shape index (κ2) is 7.38. The van der Waals surface area contributed by atoms with E-state index in [0.29, 0.717) is 18.1 Å². The first kappa shape index (κ1) is 18.7. The average molecular weight is 390 g/mol. The van der Waals surface area contributed by atoms with Gasteiger partial charge in [-0.05, 0) is 31.2 Å². The second-order valence-corrected chi connectivity index (χ2v) is 6.89. The Morgan fingerprint density at radius 3 is 2.79 bits per heavy atom. The Hall–Kier alpha value is -3.68. The Kier molecular flexibility index (Phi) is 4.75. The molecule has 148 valence electrons. The zero-order valence-electron chi connectivity index (χ0n) is 16.8. The van der Waals surface area contributed by atoms with Gasteiger partial charge >= 0.3 is 0 Å². The van der Waals surface area contributed by atoms with Crippen molar-refractivity contribution in [3.05, 3.63) is 59.9 Å². The van der Waals surface area contributed by atoms with Crippen LogP contribution in [-0.2, 0) is 20.6 Å². The molecule has 4 rings (SSSR count). The maximum absolute atomic E-state index is 12.4. The van der Waals surface area contributed by atoms with Gasteiger partial charge < -0.3 is 14.6 Å². The molecule has 4 aromatic rings. The van der Waals surface area contributed by atoms with Gasteiger partial charge in [-0.3, -0.25) is 9.48 Å². The first-order valence-electron chi connectivity index (χ1n) is 9.20. The van der Waals surface area contributed by atoms with Crippen molar-refractivity contribution < 1.29 is 9.53 Å². The number of fused-ring (bicyclic) bond motifs is 1. The van der Waals surface area contributed by atoms with Gasteiger partial charge in [-0.15, -0.1) is 0 Å². The predicted molar refractivity (Wildman–Crippen MR) is 110 cm³/mol. The van der Waals surface area contributed by atoms with E-state index < -0.39 is 0 Å². The Morgan fingerprint density at radius 2 is 2.07 bits per heavy atom. The highest BCUT2D eigenvalue weighted by Crippen LogP contribution is 2.33. The van der Waals surface area contributed by atoms with Crippen molar-refractivity contribution in [2.75, 3.05) is 7.11 Å². The monoisotopic (exact) mass is 390 g/mol. The van der Waals surface area contributed by atoms with E-state index in [-0.39, 0.29) is 5.91 Å². The van der Waals surface area contributed by atoms with Gasteiger partial charge in [0.05, 0.1) is 12.8 Å². The quantitative estimate of drug-likeness (QED) is 0.566. The number of aromatic nitrogens is 5. The van der Waals surface area contributed by atoms with Gasteiger partial charge in [0.1, 0.15) is 17.3 Å². The van der Waals surface area contributed by atoms with Crippen LogP contribution in [0.3, 0.4) is 0 Å². The summed E-state index contributed by atoms with van der Waals surface area (Å²) < 4.78 is 9.05. The molecule has 3 aromatic heterocycles. The van der Waals surface area contributed by atoms with Crippen LogP contribution in [0.4, 0.5) is 0 Å². The molecule has 0 saturated carbocycles. The first-order valence-corrected chi connectivity index (χ1v) is 9.20. The molecule has 0 atom stereocenters. The molecule has 0 spiro atoms. The zero-order valence-corrected chi connectivity index (χ0v) is 16.8. The van der Waals surface area contributed by atoms with Crippen LogP contribution in [0.2, 0.25) is 0 Å². The lowest BCUT2D eigenvalue weighted by Gasteiger charge is -2.10. The molecule has 0 unspecified atom stereocenters. The van der Waals surface area contributed by atoms with Crippen molar-refractivity contribution in [2.24, 2.45) is 14.1 Å². The molecular formula is C21H22N6O2. The van der Waals surface area contributed by atoms with Crippen molar-refractivity contribution >= 4 is 16.8 Å². The standard InChI is InChI=1S/C21H22N6O2/c1-13-22-10-14(11-23-21(28)18-7-8-27(3)25-18)20(24-13)17-12-26(2)19-6-5-15(29-4)9-16(17)19/h5-10,12H,11H2,1-4H3,(H,23,28). The van der Waals surface area contributed by atoms with E-state index in [1.165, 1.54) is 0 Å². The number of ether oxygens (including phenoxy) is 1. The van der Waals surface area contributed by atoms with Crippen LogP contribution >= 0.6 is 0 Å². The molecule has 0 radical (unpaired) electrons. The summed E-state index contributed by atoms with van der Waals surface area (Å²) in [6.45, 7) is 2.15. The summed E-state index contributed by atoms with van der Waals surface area (Å²) in [6, 6.07) is 7.64. The number of hydrogen-bond donors (Lipinski definition) is 1. The van der Waals surface area contributed by atoms with E-state index >= 15 is 0 Å². The SMILES string of the molecule is COc1ccc2c(c1)c(-c1nc(C)ncc1CNC(=O)c1ccn(C)n1)cn2C. The van der Waals surface area contributed by atoms with Crippen LogP contribution in [0.1, 0.15) is 21.9 Å². The molecule has 1 N–H and O–H groups in total. The lowest BCUT2D eigenvalue weighted by molar-refractivity contribution is 0.0945. The van der Waals surface area contributed by atoms with Crippen molar-refractivity contribution in [2.45, 2.75) is 13.5 Å². The average Bonchev–Trinajstić information content (AvgIpc) is 3.30. The van der Waals surface area contributed by atoms with E-state index in [0.717, 1.165) is 33.5 Å². The summed E-state index contributed by atoms with van der Waals surface area (Å²) in [5.74, 6) is 1.21. The number of nitrogens with zero attached hydrogens (tertiary/aromatic N) is 5. The van der Waals surface area contributed by atoms with Crippen LogP contribution in [0.5, 0.6) is 5.75 Å². The Balaban J connectivity index is 1.72. The second-order valence-electron chi connectivity index (χ2n) is 6.89. The highest BCUT2D eigenvalue weighted by Gasteiger charge is 2.17. The Bertz CT molecular complexity index is 1210. The van der Waals surface area contributed by atoms with E-state index in [2.05, 4.69) is 25.0 Å². The van der Waals surface area contributed by atoms with Gasteiger partial charge in [-0.25, -0.2) is 9.97 Å². The normalized spacial score (nSPS) is 11.0. The highest BCUT2D eigenvalue weighted by atomic mass is 16.5. The zero-order chi connectivity index (χ0) is 20.5. The van der Waals surface area contributed by atoms with Gasteiger partial charge in [-0.2, -0.15) is 5.10 Å². The third-order valence-corrected chi connectivity index (χ3v) is 4.82. The van der Waals surface area contributed by atoms with Gasteiger partial charge in [0.2, 0.25) is 0 Å². The fraction of sp³-hybridized carbons (Fsp3) is 0.238. The van der Waals surface area contributed by atoms with Crippen molar-refractivity contribution in [1.29, 1.82) is 0 Å². The fourth-order valence-corrected chi connectivity index (χ4v) is 3.35. The molecule has 0 aliphatic carbocycles. The molecule has 3 heterocycles. The van der Waals surface area contributed by atoms with Crippen LogP contribution < -0.4 is 10.1 Å². The number of benzene rings is 1. The van der Waals surface area contributed by atoms with E-state index in [1.54, 1.807) is 37.3 Å². The van der Waals surface area contributed by atoms with Crippen LogP contribution in [0.25, 0.3) is 22.2 Å². The molecule has 8 nitrogen and oxygen atoms in total. The van der Waals surface area contributed by atoms with E-state index in [9.17, 15) is 4.79 Å². The minimum Gasteiger partial charge on any atom is -0.497 e. The molecule has 0 aliphatic heterocycles. The molecule has 29 heavy (non-hydrogen) atoms. The molecule has 0 aliphatic rings. The molecule has 1 amide bonds. The number of amides is 1. The largest absolute Gasteiger partial charge is 0.497 e. The summed E-state index contributed by atoms with van der Waals surface area (Å²) >= 11 is 0. The van der Waals surface area contributed by atoms with Gasteiger partial charge in [0.25, 0.3) is 5.91 Å². The van der Waals surface area contributed by atoms with Crippen LogP contribution in [0.15, 0.2) is 42.9 Å². The summed E-state index contributed by atoms with van der Waals surface area (Å²) in [6.07, 6.45) is 5.53. The topological polar surface area (TPSA) is 86.9 Å². The highest BCUT2D eigenvalue weighted by molar-refractivity contribution is 5.97.